The van der Waals surface area contributed by atoms with Crippen LogP contribution < -0.4 is 22.1 Å². The minimum Gasteiger partial charge on any atom is -0.370 e. The Morgan fingerprint density at radius 1 is 0.864 bits per heavy atom. The molecular weight excluding hydrogens is 276 g/mol. The zero-order valence-electron chi connectivity index (χ0n) is 13.3. The molecule has 0 aliphatic carbocycles. The van der Waals surface area contributed by atoms with E-state index in [1.54, 1.807) is 0 Å². The molecule has 2 heterocycles. The molecule has 22 heavy (non-hydrogen) atoms. The second-order valence-corrected chi connectivity index (χ2v) is 5.83. The lowest BCUT2D eigenvalue weighted by molar-refractivity contribution is 0.689. The highest BCUT2D eigenvalue weighted by Gasteiger charge is 2.03. The van der Waals surface area contributed by atoms with Crippen LogP contribution in [0.25, 0.3) is 11.0 Å². The van der Waals surface area contributed by atoms with E-state index in [2.05, 4.69) is 20.6 Å². The van der Waals surface area contributed by atoms with Crippen LogP contribution in [0.15, 0.2) is 24.3 Å². The number of anilines is 2. The smallest absolute Gasteiger partial charge is 0.163 e. The average Bonchev–Trinajstić information content (AvgIpc) is 2.46. The Hall–Kier alpha value is -1.92. The molecule has 120 valence electrons. The molecular formula is C16H26N6. The summed E-state index contributed by atoms with van der Waals surface area (Å²) >= 11 is 0. The Bertz CT molecular complexity index is 547. The minimum atomic E-state index is 0.187. The summed E-state index contributed by atoms with van der Waals surface area (Å²) in [6, 6.07) is 8.35. The number of pyridine rings is 2. The summed E-state index contributed by atoms with van der Waals surface area (Å²) in [5, 5.41) is 7.58. The van der Waals surface area contributed by atoms with Gasteiger partial charge in [0.05, 0.1) is 0 Å². The maximum absolute atomic E-state index is 5.74. The molecule has 0 bridgehead atoms. The summed E-state index contributed by atoms with van der Waals surface area (Å²) in [5.74, 6) is 1.65. The van der Waals surface area contributed by atoms with E-state index in [1.807, 2.05) is 38.1 Å². The lowest BCUT2D eigenvalue weighted by atomic mass is 10.2. The van der Waals surface area contributed by atoms with Crippen molar-refractivity contribution in [3.63, 3.8) is 0 Å². The molecule has 6 heteroatoms. The van der Waals surface area contributed by atoms with Crippen molar-refractivity contribution in [3.05, 3.63) is 24.3 Å². The maximum Gasteiger partial charge on any atom is 0.163 e. The highest BCUT2D eigenvalue weighted by atomic mass is 15.0. The summed E-state index contributed by atoms with van der Waals surface area (Å²) in [6.07, 6.45) is 1.82. The van der Waals surface area contributed by atoms with Gasteiger partial charge in [-0.3, -0.25) is 0 Å². The molecule has 6 N–H and O–H groups in total. The van der Waals surface area contributed by atoms with Crippen molar-refractivity contribution in [2.24, 2.45) is 11.5 Å². The van der Waals surface area contributed by atoms with Gasteiger partial charge in [-0.15, -0.1) is 0 Å². The molecule has 2 unspecified atom stereocenters. The SMILES string of the molecule is CC(N)CCNc1ccc2ccc(NCCC(C)N)nc2n1. The molecule has 0 aliphatic heterocycles. The monoisotopic (exact) mass is 302 g/mol. The van der Waals surface area contributed by atoms with Gasteiger partial charge in [-0.2, -0.15) is 0 Å². The van der Waals surface area contributed by atoms with Gasteiger partial charge in [-0.05, 0) is 51.0 Å². The molecule has 0 spiro atoms. The second-order valence-electron chi connectivity index (χ2n) is 5.83. The van der Waals surface area contributed by atoms with Gasteiger partial charge in [-0.25, -0.2) is 9.97 Å². The van der Waals surface area contributed by atoms with Crippen molar-refractivity contribution < 1.29 is 0 Å². The third-order valence-electron chi connectivity index (χ3n) is 3.36. The zero-order valence-corrected chi connectivity index (χ0v) is 13.3. The summed E-state index contributed by atoms with van der Waals surface area (Å²) in [7, 11) is 0. The number of nitrogens with zero attached hydrogens (tertiary/aromatic N) is 2. The predicted molar refractivity (Wildman–Crippen MR) is 93.1 cm³/mol. The van der Waals surface area contributed by atoms with E-state index >= 15 is 0 Å². The zero-order chi connectivity index (χ0) is 15.9. The third kappa shape index (κ3) is 5.13. The summed E-state index contributed by atoms with van der Waals surface area (Å²) in [4.78, 5) is 9.10. The van der Waals surface area contributed by atoms with Gasteiger partial charge in [0.15, 0.2) is 5.65 Å². The highest BCUT2D eigenvalue weighted by molar-refractivity contribution is 5.78. The molecule has 0 aromatic carbocycles. The Balaban J connectivity index is 2.02. The van der Waals surface area contributed by atoms with Crippen LogP contribution in [0.5, 0.6) is 0 Å². The van der Waals surface area contributed by atoms with Crippen LogP contribution in [0.1, 0.15) is 26.7 Å². The van der Waals surface area contributed by atoms with Crippen LogP contribution in [0.2, 0.25) is 0 Å². The number of rotatable bonds is 8. The van der Waals surface area contributed by atoms with E-state index in [4.69, 9.17) is 11.5 Å². The van der Waals surface area contributed by atoms with Crippen LogP contribution in [-0.2, 0) is 0 Å². The molecule has 6 nitrogen and oxygen atoms in total. The fraction of sp³-hybridized carbons (Fsp3) is 0.500. The van der Waals surface area contributed by atoms with Gasteiger partial charge in [0.25, 0.3) is 0 Å². The number of aromatic nitrogens is 2. The van der Waals surface area contributed by atoms with Crippen molar-refractivity contribution in [2.45, 2.75) is 38.8 Å². The maximum atomic E-state index is 5.74. The van der Waals surface area contributed by atoms with Crippen molar-refractivity contribution >= 4 is 22.7 Å². The third-order valence-corrected chi connectivity index (χ3v) is 3.36. The number of hydrogen-bond donors (Lipinski definition) is 4. The van der Waals surface area contributed by atoms with E-state index in [9.17, 15) is 0 Å². The summed E-state index contributed by atoms with van der Waals surface area (Å²) in [6.45, 7) is 5.61. The first-order chi connectivity index (χ1) is 10.5. The van der Waals surface area contributed by atoms with Crippen molar-refractivity contribution in [1.82, 2.24) is 9.97 Å². The van der Waals surface area contributed by atoms with E-state index in [0.29, 0.717) is 0 Å². The Morgan fingerprint density at radius 3 is 1.73 bits per heavy atom. The molecule has 0 amide bonds. The second kappa shape index (κ2) is 7.91. The fourth-order valence-electron chi connectivity index (χ4n) is 2.05. The molecule has 2 rings (SSSR count). The number of nitrogens with two attached hydrogens (primary N) is 2. The van der Waals surface area contributed by atoms with Gasteiger partial charge in [0, 0.05) is 30.6 Å². The molecule has 0 saturated carbocycles. The molecule has 0 saturated heterocycles. The molecule has 2 aromatic rings. The first-order valence-corrected chi connectivity index (χ1v) is 7.81. The van der Waals surface area contributed by atoms with Gasteiger partial charge >= 0.3 is 0 Å². The van der Waals surface area contributed by atoms with Crippen LogP contribution in [0, 0.1) is 0 Å². The first-order valence-electron chi connectivity index (χ1n) is 7.81. The van der Waals surface area contributed by atoms with E-state index in [1.165, 1.54) is 0 Å². The van der Waals surface area contributed by atoms with Gasteiger partial charge < -0.3 is 22.1 Å². The van der Waals surface area contributed by atoms with E-state index in [-0.39, 0.29) is 12.1 Å². The number of hydrogen-bond acceptors (Lipinski definition) is 6. The Morgan fingerprint density at radius 2 is 1.32 bits per heavy atom. The largest absolute Gasteiger partial charge is 0.370 e. The standard InChI is InChI=1S/C16H26N6/c1-11(17)7-9-19-14-5-3-13-4-6-15(22-16(13)21-14)20-10-8-12(2)18/h3-6,11-12H,7-10,17-18H2,1-2H3,(H2,19,20,21,22). The summed E-state index contributed by atoms with van der Waals surface area (Å²) < 4.78 is 0. The molecule has 0 radical (unpaired) electrons. The lowest BCUT2D eigenvalue weighted by Gasteiger charge is -2.10. The quantitative estimate of drug-likeness (QED) is 0.594. The number of nitrogens with one attached hydrogen (secondary N) is 2. The summed E-state index contributed by atoms with van der Waals surface area (Å²) in [5.41, 5.74) is 12.2. The van der Waals surface area contributed by atoms with Crippen LogP contribution in [0.4, 0.5) is 11.6 Å². The Labute approximate surface area is 131 Å². The highest BCUT2D eigenvalue weighted by Crippen LogP contribution is 2.16. The van der Waals surface area contributed by atoms with E-state index < -0.39 is 0 Å². The van der Waals surface area contributed by atoms with E-state index in [0.717, 1.165) is 48.6 Å². The van der Waals surface area contributed by atoms with Gasteiger partial charge in [0.1, 0.15) is 11.6 Å². The molecule has 2 aromatic heterocycles. The van der Waals surface area contributed by atoms with Crippen molar-refractivity contribution in [1.29, 1.82) is 0 Å². The number of fused-ring (bicyclic) bond motifs is 1. The van der Waals surface area contributed by atoms with Crippen molar-refractivity contribution in [2.75, 3.05) is 23.7 Å². The van der Waals surface area contributed by atoms with Gasteiger partial charge in [0.2, 0.25) is 0 Å². The molecule has 0 aliphatic rings. The topological polar surface area (TPSA) is 102 Å². The van der Waals surface area contributed by atoms with Gasteiger partial charge in [-0.1, -0.05) is 0 Å². The minimum absolute atomic E-state index is 0.187. The average molecular weight is 302 g/mol. The fourth-order valence-corrected chi connectivity index (χ4v) is 2.05. The van der Waals surface area contributed by atoms with Crippen LogP contribution >= 0.6 is 0 Å². The van der Waals surface area contributed by atoms with Crippen LogP contribution in [0.3, 0.4) is 0 Å². The van der Waals surface area contributed by atoms with Crippen LogP contribution in [-0.4, -0.2) is 35.1 Å². The predicted octanol–water partition coefficient (Wildman–Crippen LogP) is 1.93. The normalized spacial score (nSPS) is 13.8. The molecule has 0 fully saturated rings. The van der Waals surface area contributed by atoms with Crippen molar-refractivity contribution in [3.8, 4) is 0 Å². The first kappa shape index (κ1) is 16.5. The molecule has 2 atom stereocenters. The Kier molecular flexibility index (Phi) is 5.91. The lowest BCUT2D eigenvalue weighted by Crippen LogP contribution is -2.19.